The molecule has 0 amide bonds. The number of halogens is 2. The van der Waals surface area contributed by atoms with E-state index in [-0.39, 0.29) is 12.8 Å². The van der Waals surface area contributed by atoms with E-state index in [1.165, 1.54) is 7.11 Å². The molecule has 0 radical (unpaired) electrons. The van der Waals surface area contributed by atoms with Gasteiger partial charge in [0.1, 0.15) is 0 Å². The SMILES string of the molecule is CO[C@H](/C=C/c1ccc(Cl)cc1Cl)C[C@@H](O)CC(=O)O. The maximum atomic E-state index is 10.5. The van der Waals surface area contributed by atoms with Crippen LogP contribution in [0.15, 0.2) is 24.3 Å². The summed E-state index contributed by atoms with van der Waals surface area (Å²) in [4.78, 5) is 10.5. The third-order valence-corrected chi connectivity index (χ3v) is 3.23. The molecule has 0 aliphatic heterocycles. The average molecular weight is 319 g/mol. The lowest BCUT2D eigenvalue weighted by molar-refractivity contribution is -0.139. The van der Waals surface area contributed by atoms with Gasteiger partial charge in [-0.1, -0.05) is 41.4 Å². The first kappa shape index (κ1) is 17.0. The van der Waals surface area contributed by atoms with Crippen LogP contribution in [0.3, 0.4) is 0 Å². The van der Waals surface area contributed by atoms with E-state index < -0.39 is 18.2 Å². The van der Waals surface area contributed by atoms with Gasteiger partial charge in [0.25, 0.3) is 0 Å². The lowest BCUT2D eigenvalue weighted by Crippen LogP contribution is -2.20. The predicted molar refractivity (Wildman–Crippen MR) is 79.2 cm³/mol. The standard InChI is InChI=1S/C14H16Cl2O4/c1-20-12(7-11(17)8-14(18)19)5-3-9-2-4-10(15)6-13(9)16/h2-6,11-12,17H,7-8H2,1H3,(H,18,19)/b5-3+/t11-,12-/m1/s1. The number of carboxylic acid groups (broad SMARTS) is 1. The highest BCUT2D eigenvalue weighted by atomic mass is 35.5. The molecule has 2 atom stereocenters. The topological polar surface area (TPSA) is 66.8 Å². The highest BCUT2D eigenvalue weighted by Gasteiger charge is 2.14. The summed E-state index contributed by atoms with van der Waals surface area (Å²) in [6, 6.07) is 5.11. The summed E-state index contributed by atoms with van der Waals surface area (Å²) in [5.41, 5.74) is 0.769. The molecule has 0 spiro atoms. The Kier molecular flexibility index (Phi) is 7.02. The van der Waals surface area contributed by atoms with Crippen molar-refractivity contribution in [3.63, 3.8) is 0 Å². The van der Waals surface area contributed by atoms with Crippen LogP contribution < -0.4 is 0 Å². The molecule has 0 aliphatic carbocycles. The summed E-state index contributed by atoms with van der Waals surface area (Å²) in [5.74, 6) is -1.04. The third kappa shape index (κ3) is 5.92. The summed E-state index contributed by atoms with van der Waals surface area (Å²) in [5, 5.41) is 19.2. The van der Waals surface area contributed by atoms with Gasteiger partial charge in [-0.2, -0.15) is 0 Å². The number of aliphatic carboxylic acids is 1. The maximum Gasteiger partial charge on any atom is 0.305 e. The van der Waals surface area contributed by atoms with Gasteiger partial charge in [-0.25, -0.2) is 0 Å². The highest BCUT2D eigenvalue weighted by Crippen LogP contribution is 2.22. The molecule has 0 fully saturated rings. The quantitative estimate of drug-likeness (QED) is 0.809. The van der Waals surface area contributed by atoms with Crippen molar-refractivity contribution < 1.29 is 19.7 Å². The van der Waals surface area contributed by atoms with Crippen LogP contribution >= 0.6 is 23.2 Å². The molecule has 6 heteroatoms. The molecule has 110 valence electrons. The van der Waals surface area contributed by atoms with Crippen molar-refractivity contribution in [1.82, 2.24) is 0 Å². The summed E-state index contributed by atoms with van der Waals surface area (Å²) in [6.45, 7) is 0. The molecule has 0 heterocycles. The first-order valence-corrected chi connectivity index (χ1v) is 6.74. The molecule has 0 saturated carbocycles. The van der Waals surface area contributed by atoms with Crippen molar-refractivity contribution in [3.05, 3.63) is 39.9 Å². The molecule has 0 saturated heterocycles. The lowest BCUT2D eigenvalue weighted by atomic mass is 10.1. The van der Waals surface area contributed by atoms with Crippen molar-refractivity contribution >= 4 is 35.2 Å². The van der Waals surface area contributed by atoms with E-state index in [2.05, 4.69) is 0 Å². The van der Waals surface area contributed by atoms with Gasteiger partial charge in [0.15, 0.2) is 0 Å². The largest absolute Gasteiger partial charge is 0.481 e. The fourth-order valence-corrected chi connectivity index (χ4v) is 2.13. The fraction of sp³-hybridized carbons (Fsp3) is 0.357. The molecule has 0 aliphatic rings. The smallest absolute Gasteiger partial charge is 0.305 e. The lowest BCUT2D eigenvalue weighted by Gasteiger charge is -2.14. The average Bonchev–Trinajstić information content (AvgIpc) is 2.35. The minimum absolute atomic E-state index is 0.199. The normalized spacial score (nSPS) is 14.4. The van der Waals surface area contributed by atoms with E-state index in [0.29, 0.717) is 10.0 Å². The van der Waals surface area contributed by atoms with Crippen LogP contribution in [0.2, 0.25) is 10.0 Å². The number of rotatable bonds is 7. The molecular formula is C14H16Cl2O4. The monoisotopic (exact) mass is 318 g/mol. The summed E-state index contributed by atoms with van der Waals surface area (Å²) < 4.78 is 5.18. The van der Waals surface area contributed by atoms with Gasteiger partial charge >= 0.3 is 5.97 Å². The second-order valence-electron chi connectivity index (χ2n) is 4.29. The van der Waals surface area contributed by atoms with Gasteiger partial charge in [-0.15, -0.1) is 0 Å². The summed E-state index contributed by atoms with van der Waals surface area (Å²) >= 11 is 11.8. The number of carboxylic acids is 1. The van der Waals surface area contributed by atoms with Crippen molar-refractivity contribution in [2.45, 2.75) is 25.0 Å². The highest BCUT2D eigenvalue weighted by molar-refractivity contribution is 6.35. The zero-order chi connectivity index (χ0) is 15.1. The number of aliphatic hydroxyl groups excluding tert-OH is 1. The van der Waals surface area contributed by atoms with E-state index in [1.54, 1.807) is 30.4 Å². The molecule has 20 heavy (non-hydrogen) atoms. The molecule has 0 bridgehead atoms. The van der Waals surface area contributed by atoms with E-state index >= 15 is 0 Å². The number of benzene rings is 1. The molecule has 4 nitrogen and oxygen atoms in total. The predicted octanol–water partition coefficient (Wildman–Crippen LogP) is 3.25. The Hall–Kier alpha value is -1.07. The molecule has 1 aromatic rings. The van der Waals surface area contributed by atoms with Gasteiger partial charge in [0, 0.05) is 23.6 Å². The van der Waals surface area contributed by atoms with Gasteiger partial charge in [0.05, 0.1) is 18.6 Å². The number of methoxy groups -OCH3 is 1. The Balaban J connectivity index is 2.67. The van der Waals surface area contributed by atoms with E-state index in [9.17, 15) is 9.90 Å². The Bertz CT molecular complexity index is 488. The van der Waals surface area contributed by atoms with Crippen molar-refractivity contribution in [2.24, 2.45) is 0 Å². The maximum absolute atomic E-state index is 10.5. The Morgan fingerprint density at radius 2 is 2.15 bits per heavy atom. The number of carbonyl (C=O) groups is 1. The number of hydrogen-bond donors (Lipinski definition) is 2. The minimum atomic E-state index is -1.04. The van der Waals surface area contributed by atoms with Gasteiger partial charge in [0.2, 0.25) is 0 Å². The van der Waals surface area contributed by atoms with Crippen LogP contribution in [0.25, 0.3) is 6.08 Å². The van der Waals surface area contributed by atoms with Crippen LogP contribution in [0.4, 0.5) is 0 Å². The Morgan fingerprint density at radius 3 is 2.70 bits per heavy atom. The van der Waals surface area contributed by atoms with E-state index in [1.807, 2.05) is 0 Å². The Morgan fingerprint density at radius 1 is 1.45 bits per heavy atom. The van der Waals surface area contributed by atoms with E-state index in [0.717, 1.165) is 5.56 Å². The number of ether oxygens (including phenoxy) is 1. The van der Waals surface area contributed by atoms with Crippen LogP contribution in [-0.2, 0) is 9.53 Å². The second-order valence-corrected chi connectivity index (χ2v) is 5.13. The molecule has 1 aromatic carbocycles. The first-order chi connectivity index (χ1) is 9.42. The van der Waals surface area contributed by atoms with Gasteiger partial charge in [-0.05, 0) is 17.7 Å². The zero-order valence-corrected chi connectivity index (χ0v) is 12.4. The van der Waals surface area contributed by atoms with Crippen molar-refractivity contribution in [3.8, 4) is 0 Å². The Labute approximate surface area is 127 Å². The fourth-order valence-electron chi connectivity index (χ4n) is 1.65. The summed E-state index contributed by atoms with van der Waals surface area (Å²) in [6.07, 6.45) is 2.01. The zero-order valence-electron chi connectivity index (χ0n) is 10.9. The van der Waals surface area contributed by atoms with Crippen LogP contribution in [-0.4, -0.2) is 35.5 Å². The third-order valence-electron chi connectivity index (χ3n) is 2.67. The van der Waals surface area contributed by atoms with Crippen molar-refractivity contribution in [2.75, 3.05) is 7.11 Å². The second kappa shape index (κ2) is 8.27. The van der Waals surface area contributed by atoms with Crippen LogP contribution in [0, 0.1) is 0 Å². The molecule has 0 aromatic heterocycles. The molecule has 1 rings (SSSR count). The van der Waals surface area contributed by atoms with Crippen LogP contribution in [0.1, 0.15) is 18.4 Å². The van der Waals surface area contributed by atoms with Crippen LogP contribution in [0.5, 0.6) is 0 Å². The summed E-state index contributed by atoms with van der Waals surface area (Å²) in [7, 11) is 1.49. The van der Waals surface area contributed by atoms with E-state index in [4.69, 9.17) is 33.0 Å². The first-order valence-electron chi connectivity index (χ1n) is 5.98. The van der Waals surface area contributed by atoms with Crippen molar-refractivity contribution in [1.29, 1.82) is 0 Å². The molecule has 2 N–H and O–H groups in total. The van der Waals surface area contributed by atoms with Gasteiger partial charge < -0.3 is 14.9 Å². The molecule has 0 unspecified atom stereocenters. The number of hydrogen-bond acceptors (Lipinski definition) is 3. The number of aliphatic hydroxyl groups is 1. The molecular weight excluding hydrogens is 303 g/mol. The minimum Gasteiger partial charge on any atom is -0.481 e. The van der Waals surface area contributed by atoms with Gasteiger partial charge in [-0.3, -0.25) is 4.79 Å².